The van der Waals surface area contributed by atoms with E-state index in [-0.39, 0.29) is 45.4 Å². The zero-order valence-corrected chi connectivity index (χ0v) is 63.7. The maximum atomic E-state index is 14.7. The molecule has 10 aromatic carbocycles. The third-order valence-corrected chi connectivity index (χ3v) is 18.7. The monoisotopic (exact) mass is 1740 g/mol. The number of fused-ring (bicyclic) bond motifs is 7. The normalized spacial score (nSPS) is 12.1. The minimum Gasteiger partial charge on any atom is -0.477 e. The van der Waals surface area contributed by atoms with Gasteiger partial charge in [-0.05, 0) is 157 Å². The first-order valence-electron chi connectivity index (χ1n) is 32.7. The standard InChI is InChI=1S/C22H12ClF3N4.C15H11BrN2O.C15H13N3O.C10H9BrN2O2.C9H6BrNO2.C8H5BrN2O2/c23-15-8-20-21(10-17(15)26)28-22(27-20)13-7-14-18(29-30-19(14)9-16(13)25)6-3-11-1-4-12(24)5-2-11;2*16-11-7-6-10-9-17-14(13(10)8-11)15(19)18-12-4-2-1-3-5-12;1-2-15-10(14)9-7-5-6(11)3-4-8(7)12-13-9;10-6-2-1-5-4-11-8(9(12)13)7(5)3-6;9-4-1-2-6-5(3-4)7(8(12)13)11-10-6/h1-10H,(H,27,28)(H,29,30);1-8H,9H2,(H,18,19);1-8H,9,16H2,(H,18,19);3-5H,2H2,1H3,(H,12,13);1-3H,4H2,(H,12,13);1-3H,(H,10,11)(H,12,13)/b6-3+;;;;;. The van der Waals surface area contributed by atoms with E-state index >= 15 is 0 Å². The summed E-state index contributed by atoms with van der Waals surface area (Å²) in [6, 6.07) is 58.2. The summed E-state index contributed by atoms with van der Waals surface area (Å²) >= 11 is 19.1. The number of imidazole rings is 1. The van der Waals surface area contributed by atoms with Crippen molar-refractivity contribution in [3.05, 3.63) is 297 Å². The van der Waals surface area contributed by atoms with Crippen molar-refractivity contribution < 1.29 is 52.1 Å². The molecule has 17 rings (SSSR count). The molecule has 30 heteroatoms. The maximum absolute atomic E-state index is 14.7. The van der Waals surface area contributed by atoms with Gasteiger partial charge in [-0.3, -0.25) is 39.9 Å². The van der Waals surface area contributed by atoms with Crippen molar-refractivity contribution in [3.8, 4) is 11.4 Å². The Morgan fingerprint density at radius 1 is 0.514 bits per heavy atom. The molecule has 0 saturated heterocycles. The summed E-state index contributed by atoms with van der Waals surface area (Å²) in [7, 11) is 0. The van der Waals surface area contributed by atoms with Crippen molar-refractivity contribution in [2.24, 2.45) is 15.0 Å². The van der Waals surface area contributed by atoms with Crippen LogP contribution in [0.1, 0.15) is 72.5 Å². The molecule has 0 spiro atoms. The molecule has 2 amide bonds. The lowest BCUT2D eigenvalue weighted by Crippen LogP contribution is -2.22. The number of hydrogen-bond donors (Lipinski definition) is 9. The number of nitrogen functional groups attached to an aromatic ring is 1. The van der Waals surface area contributed by atoms with E-state index < -0.39 is 29.5 Å². The second-order valence-corrected chi connectivity index (χ2v) is 27.8. The first kappa shape index (κ1) is 76.6. The summed E-state index contributed by atoms with van der Waals surface area (Å²) in [5.41, 5.74) is 19.5. The van der Waals surface area contributed by atoms with Gasteiger partial charge in [0.15, 0.2) is 17.1 Å². The molecule has 14 aromatic rings. The molecule has 0 saturated carbocycles. The number of hydrogen-bond acceptors (Lipinski definition) is 14. The van der Waals surface area contributed by atoms with E-state index in [2.05, 4.69) is 130 Å². The molecule has 7 heterocycles. The molecule has 0 bridgehead atoms. The molecule has 0 unspecified atom stereocenters. The number of para-hydroxylation sites is 2. The maximum Gasteiger partial charge on any atom is 0.359 e. The Bertz CT molecular complexity index is 5820. The Morgan fingerprint density at radius 3 is 1.57 bits per heavy atom. The van der Waals surface area contributed by atoms with Crippen LogP contribution in [0.25, 0.3) is 67.3 Å². The number of aliphatic imine (C=N–C) groups is 3. The Morgan fingerprint density at radius 2 is 1.01 bits per heavy atom. The molecule has 10 N–H and O–H groups in total. The third kappa shape index (κ3) is 18.7. The van der Waals surface area contributed by atoms with Gasteiger partial charge in [-0.25, -0.2) is 32.5 Å². The Labute approximate surface area is 655 Å². The lowest BCUT2D eigenvalue weighted by molar-refractivity contribution is -0.129. The number of H-pyrrole nitrogens is 4. The lowest BCUT2D eigenvalue weighted by Gasteiger charge is -2.06. The highest BCUT2D eigenvalue weighted by molar-refractivity contribution is 9.11. The Hall–Kier alpha value is -12.0. The highest BCUT2D eigenvalue weighted by Gasteiger charge is 2.26. The number of aromatic amines is 4. The lowest BCUT2D eigenvalue weighted by atomic mass is 10.0. The topological polar surface area (TPSA) is 337 Å². The van der Waals surface area contributed by atoms with Crippen molar-refractivity contribution in [2.45, 2.75) is 26.6 Å². The molecule has 4 aromatic heterocycles. The van der Waals surface area contributed by atoms with E-state index in [1.165, 1.54) is 30.3 Å². The number of halogens is 8. The van der Waals surface area contributed by atoms with Crippen LogP contribution in [0.15, 0.2) is 233 Å². The van der Waals surface area contributed by atoms with Crippen molar-refractivity contribution in [2.75, 3.05) is 23.0 Å². The zero-order valence-electron chi connectivity index (χ0n) is 56.6. The molecule has 0 fully saturated rings. The van der Waals surface area contributed by atoms with Gasteiger partial charge in [-0.2, -0.15) is 15.3 Å². The van der Waals surface area contributed by atoms with Crippen LogP contribution in [0.4, 0.5) is 30.2 Å². The van der Waals surface area contributed by atoms with Gasteiger partial charge in [0.1, 0.15) is 34.7 Å². The van der Waals surface area contributed by atoms with Gasteiger partial charge >= 0.3 is 17.9 Å². The van der Waals surface area contributed by atoms with E-state index in [9.17, 15) is 37.1 Å². The highest BCUT2D eigenvalue weighted by atomic mass is 79.9. The molecule has 22 nitrogen and oxygen atoms in total. The number of aliphatic carboxylic acids is 1. The minimum atomic E-state index is -1.02. The van der Waals surface area contributed by atoms with Gasteiger partial charge in [0, 0.05) is 79.9 Å². The SMILES string of the molecule is CCOC(=O)c1n[nH]c2ccc(Br)cc12.Fc1ccc(/C=C/c2n[nH]c3cc(F)c(-c4nc5cc(Cl)c(F)cc5[nH]4)cc23)cc1.Nc1ccc2c(c1)C(C(=O)Nc1ccccc1)=NC2.O=C(Nc1ccccc1)C1=NCc2ccc(Br)cc21.O=C(O)C1=NCc2ccc(Br)cc21.O=C(O)c1n[nH]c2ccc(Br)cc12. The number of carbonyl (C=O) groups excluding carboxylic acids is 3. The molecule has 0 radical (unpaired) electrons. The summed E-state index contributed by atoms with van der Waals surface area (Å²) in [5, 5.41) is 45.3. The average Bonchev–Trinajstić information content (AvgIpc) is 1.65. The van der Waals surface area contributed by atoms with Crippen LogP contribution in [0, 0.1) is 17.5 Å². The zero-order chi connectivity index (χ0) is 77.0. The second-order valence-electron chi connectivity index (χ2n) is 23.7. The summed E-state index contributed by atoms with van der Waals surface area (Å²) in [5.74, 6) is -3.91. The number of amides is 2. The van der Waals surface area contributed by atoms with Crippen molar-refractivity contribution >= 4 is 195 Å². The fourth-order valence-corrected chi connectivity index (χ4v) is 12.9. The molecular weight excluding hydrogens is 1690 g/mol. The van der Waals surface area contributed by atoms with Crippen LogP contribution >= 0.6 is 75.3 Å². The number of carbonyl (C=O) groups is 5. The Kier molecular flexibility index (Phi) is 24.4. The van der Waals surface area contributed by atoms with E-state index in [0.717, 1.165) is 84.6 Å². The molecule has 3 aliphatic heterocycles. The summed E-state index contributed by atoms with van der Waals surface area (Å²) in [4.78, 5) is 77.2. The number of esters is 1. The van der Waals surface area contributed by atoms with Crippen molar-refractivity contribution in [1.29, 1.82) is 0 Å². The minimum absolute atomic E-state index is 0.0521. The summed E-state index contributed by atoms with van der Waals surface area (Å²) in [6.07, 6.45) is 3.53. The van der Waals surface area contributed by atoms with E-state index in [4.69, 9.17) is 32.3 Å². The van der Waals surface area contributed by atoms with Gasteiger partial charge in [0.05, 0.1) is 70.1 Å². The second kappa shape index (κ2) is 34.7. The van der Waals surface area contributed by atoms with Crippen molar-refractivity contribution in [1.82, 2.24) is 40.6 Å². The van der Waals surface area contributed by atoms with Gasteiger partial charge in [-0.1, -0.05) is 148 Å². The van der Waals surface area contributed by atoms with Crippen LogP contribution < -0.4 is 16.4 Å². The van der Waals surface area contributed by atoms with Crippen LogP contribution in [-0.4, -0.2) is 104 Å². The van der Waals surface area contributed by atoms with Gasteiger partial charge in [-0.15, -0.1) is 0 Å². The van der Waals surface area contributed by atoms with Crippen LogP contribution in [0.5, 0.6) is 0 Å². The molecular formula is C79H56Br4ClF3N14O8. The molecule has 0 atom stereocenters. The number of benzene rings is 10. The highest BCUT2D eigenvalue weighted by Crippen LogP contribution is 2.33. The quantitative estimate of drug-likeness (QED) is 0.0430. The summed E-state index contributed by atoms with van der Waals surface area (Å²) < 4.78 is 50.0. The van der Waals surface area contributed by atoms with Crippen LogP contribution in [-0.2, 0) is 38.8 Å². The third-order valence-electron chi connectivity index (χ3n) is 16.4. The molecule has 3 aliphatic rings. The van der Waals surface area contributed by atoms with Crippen LogP contribution in [0.3, 0.4) is 0 Å². The molecule has 109 heavy (non-hydrogen) atoms. The number of anilines is 3. The number of ether oxygens (including phenoxy) is 1. The fraction of sp³-hybridized carbons (Fsp3) is 0.0633. The number of nitrogens with one attached hydrogen (secondary N) is 6. The molecule has 0 aliphatic carbocycles. The predicted octanol–water partition coefficient (Wildman–Crippen LogP) is 18.3. The first-order chi connectivity index (χ1) is 52.5. The average molecular weight is 1740 g/mol. The fourth-order valence-electron chi connectivity index (χ4n) is 11.2. The van der Waals surface area contributed by atoms with E-state index in [1.54, 1.807) is 61.5 Å². The van der Waals surface area contributed by atoms with E-state index in [1.807, 2.05) is 127 Å². The van der Waals surface area contributed by atoms with Crippen LogP contribution in [0.2, 0.25) is 5.02 Å². The van der Waals surface area contributed by atoms with Gasteiger partial charge in [0.25, 0.3) is 11.8 Å². The number of nitrogens with zero attached hydrogens (tertiary/aromatic N) is 7. The largest absolute Gasteiger partial charge is 0.477 e. The number of carboxylic acid groups (broad SMARTS) is 2. The summed E-state index contributed by atoms with van der Waals surface area (Å²) in [6.45, 7) is 3.70. The number of rotatable bonds is 11. The number of aromatic carboxylic acids is 1. The molecule has 546 valence electrons. The smallest absolute Gasteiger partial charge is 0.359 e. The number of carboxylic acids is 2. The number of nitrogens with two attached hydrogens (primary N) is 1. The predicted molar refractivity (Wildman–Crippen MR) is 430 cm³/mol. The van der Waals surface area contributed by atoms with Gasteiger partial charge in [0.2, 0.25) is 0 Å². The first-order valence-corrected chi connectivity index (χ1v) is 36.3. The van der Waals surface area contributed by atoms with Crippen molar-refractivity contribution in [3.63, 3.8) is 0 Å². The van der Waals surface area contributed by atoms with Gasteiger partial charge < -0.3 is 36.3 Å². The Balaban J connectivity index is 0.000000125. The number of aromatic nitrogens is 8. The van der Waals surface area contributed by atoms with E-state index in [0.29, 0.717) is 82.1 Å².